The van der Waals surface area contributed by atoms with E-state index in [1.807, 2.05) is 36.4 Å². The van der Waals surface area contributed by atoms with Gasteiger partial charge in [0.25, 0.3) is 0 Å². The number of aromatic nitrogens is 4. The van der Waals surface area contributed by atoms with E-state index in [2.05, 4.69) is 26.0 Å². The fraction of sp³-hybridized carbons (Fsp3) is 0.618. The molecule has 14 heteroatoms. The minimum atomic E-state index is -1.43. The topological polar surface area (TPSA) is 178 Å². The van der Waals surface area contributed by atoms with Crippen molar-refractivity contribution >= 4 is 23.9 Å². The van der Waals surface area contributed by atoms with Crippen molar-refractivity contribution in [3.63, 3.8) is 0 Å². The third-order valence-electron chi connectivity index (χ3n) is 9.38. The van der Waals surface area contributed by atoms with Crippen LogP contribution in [0.4, 0.5) is 4.79 Å². The highest BCUT2D eigenvalue weighted by molar-refractivity contribution is 5.96. The molecule has 3 N–H and O–H groups in total. The maximum atomic E-state index is 14.2. The molecule has 0 radical (unpaired) electrons. The highest BCUT2D eigenvalue weighted by atomic mass is 16.6. The number of hydrogen-bond acceptors (Lipinski definition) is 9. The molecule has 6 rings (SSSR count). The lowest BCUT2D eigenvalue weighted by Gasteiger charge is -2.30. The second-order valence-electron chi connectivity index (χ2n) is 14.4. The van der Waals surface area contributed by atoms with Crippen LogP contribution >= 0.6 is 0 Å². The van der Waals surface area contributed by atoms with Gasteiger partial charge in [-0.2, -0.15) is 4.80 Å². The van der Waals surface area contributed by atoms with Crippen LogP contribution in [0, 0.1) is 11.8 Å². The molecular weight excluding hydrogens is 618 g/mol. The van der Waals surface area contributed by atoms with Gasteiger partial charge in [0.1, 0.15) is 29.0 Å². The smallest absolute Gasteiger partial charge is 0.408 e. The Kier molecular flexibility index (Phi) is 9.44. The molecule has 1 aromatic heterocycles. The molecule has 1 saturated heterocycles. The number of rotatable bonds is 7. The number of benzene rings is 1. The summed E-state index contributed by atoms with van der Waals surface area (Å²) >= 11 is 0. The number of hydrogen-bond donors (Lipinski definition) is 3. The number of tetrazole rings is 1. The van der Waals surface area contributed by atoms with Crippen LogP contribution in [0.2, 0.25) is 0 Å². The number of alkyl carbamates (subject to hydrolysis) is 1. The van der Waals surface area contributed by atoms with Crippen LogP contribution in [0.5, 0.6) is 5.75 Å². The molecule has 14 nitrogen and oxygen atoms in total. The number of amides is 3. The molecule has 0 bridgehead atoms. The van der Waals surface area contributed by atoms with Crippen molar-refractivity contribution in [2.24, 2.45) is 11.8 Å². The van der Waals surface area contributed by atoms with Crippen molar-refractivity contribution < 1.29 is 33.8 Å². The van der Waals surface area contributed by atoms with Crippen LogP contribution < -0.4 is 15.4 Å². The summed E-state index contributed by atoms with van der Waals surface area (Å²) in [7, 11) is 0. The molecule has 3 fully saturated rings. The zero-order chi connectivity index (χ0) is 34.1. The predicted molar refractivity (Wildman–Crippen MR) is 173 cm³/mol. The van der Waals surface area contributed by atoms with E-state index in [1.54, 1.807) is 20.8 Å². The van der Waals surface area contributed by atoms with E-state index >= 15 is 0 Å². The highest BCUT2D eigenvalue weighted by Gasteiger charge is 2.61. The molecule has 2 aliphatic heterocycles. The molecule has 0 spiro atoms. The predicted octanol–water partition coefficient (Wildman–Crippen LogP) is 3.64. The summed E-state index contributed by atoms with van der Waals surface area (Å²) in [5.74, 6) is -0.681. The monoisotopic (exact) mass is 663 g/mol. The Morgan fingerprint density at radius 2 is 1.88 bits per heavy atom. The zero-order valence-electron chi connectivity index (χ0n) is 27.8. The van der Waals surface area contributed by atoms with Crippen molar-refractivity contribution in [3.05, 3.63) is 36.4 Å². The highest BCUT2D eigenvalue weighted by Crippen LogP contribution is 2.45. The van der Waals surface area contributed by atoms with Crippen LogP contribution in [-0.2, 0) is 19.1 Å². The Hall–Kier alpha value is -4.49. The zero-order valence-corrected chi connectivity index (χ0v) is 27.8. The van der Waals surface area contributed by atoms with E-state index in [1.165, 1.54) is 22.5 Å². The number of carbonyl (C=O) groups excluding carboxylic acids is 3. The van der Waals surface area contributed by atoms with Crippen LogP contribution in [0.15, 0.2) is 36.4 Å². The van der Waals surface area contributed by atoms with E-state index < -0.39 is 53.1 Å². The second kappa shape index (κ2) is 13.6. The number of allylic oxidation sites excluding steroid dienone is 1. The van der Waals surface area contributed by atoms with E-state index in [9.17, 15) is 24.3 Å². The van der Waals surface area contributed by atoms with Gasteiger partial charge >= 0.3 is 12.1 Å². The number of nitrogens with zero attached hydrogens (tertiary/aromatic N) is 5. The first-order valence-electron chi connectivity index (χ1n) is 17.0. The van der Waals surface area contributed by atoms with Crippen molar-refractivity contribution in [1.82, 2.24) is 35.7 Å². The van der Waals surface area contributed by atoms with Gasteiger partial charge in [-0.15, -0.1) is 10.2 Å². The molecule has 2 aliphatic carbocycles. The summed E-state index contributed by atoms with van der Waals surface area (Å²) < 4.78 is 11.3. The van der Waals surface area contributed by atoms with Crippen molar-refractivity contribution in [3.8, 4) is 17.1 Å². The van der Waals surface area contributed by atoms with Gasteiger partial charge in [0.05, 0.1) is 12.6 Å². The van der Waals surface area contributed by atoms with Gasteiger partial charge in [-0.1, -0.05) is 25.0 Å². The molecule has 4 aliphatic rings. The van der Waals surface area contributed by atoms with Crippen molar-refractivity contribution in [2.75, 3.05) is 13.2 Å². The first kappa shape index (κ1) is 33.4. The lowest BCUT2D eigenvalue weighted by Crippen LogP contribution is -2.56. The van der Waals surface area contributed by atoms with Gasteiger partial charge in [-0.05, 0) is 94.7 Å². The summed E-state index contributed by atoms with van der Waals surface area (Å²) in [6, 6.07) is 4.96. The molecule has 0 unspecified atom stereocenters. The third-order valence-corrected chi connectivity index (χ3v) is 9.38. The molecule has 2 aromatic rings. The number of fused-ring (bicyclic) bond motifs is 2. The van der Waals surface area contributed by atoms with E-state index in [-0.39, 0.29) is 25.3 Å². The van der Waals surface area contributed by atoms with Gasteiger partial charge in [0.15, 0.2) is 0 Å². The maximum Gasteiger partial charge on any atom is 0.408 e. The normalized spacial score (nSPS) is 28.6. The van der Waals surface area contributed by atoms with E-state index in [0.717, 1.165) is 30.6 Å². The van der Waals surface area contributed by atoms with Gasteiger partial charge in [-0.25, -0.2) is 9.59 Å². The minimum Gasteiger partial charge on any atom is -0.493 e. The number of nitrogens with one attached hydrogen (secondary N) is 2. The van der Waals surface area contributed by atoms with Gasteiger partial charge in [0.2, 0.25) is 17.6 Å². The molecule has 48 heavy (non-hydrogen) atoms. The van der Waals surface area contributed by atoms with Crippen molar-refractivity contribution in [1.29, 1.82) is 0 Å². The molecule has 5 atom stereocenters. The summed E-state index contributed by atoms with van der Waals surface area (Å²) in [6.45, 7) is 5.99. The number of carboxylic acid groups (broad SMARTS) is 1. The molecule has 3 heterocycles. The first-order valence-corrected chi connectivity index (χ1v) is 17.0. The Balaban J connectivity index is 1.24. The van der Waals surface area contributed by atoms with Gasteiger partial charge < -0.3 is 30.1 Å². The quantitative estimate of drug-likeness (QED) is 0.371. The molecule has 1 aromatic carbocycles. The minimum absolute atomic E-state index is 0.0660. The summed E-state index contributed by atoms with van der Waals surface area (Å²) in [5.41, 5.74) is -1.46. The number of carbonyl (C=O) groups is 4. The Labute approximate surface area is 279 Å². The number of carboxylic acids is 1. The lowest BCUT2D eigenvalue weighted by atomic mass is 10.0. The van der Waals surface area contributed by atoms with Crippen LogP contribution in [0.25, 0.3) is 11.4 Å². The molecule has 2 saturated carbocycles. The number of aliphatic carboxylic acids is 1. The Morgan fingerprint density at radius 3 is 2.58 bits per heavy atom. The fourth-order valence-corrected chi connectivity index (χ4v) is 6.39. The Bertz CT molecular complexity index is 1550. The van der Waals surface area contributed by atoms with Crippen LogP contribution in [0.1, 0.15) is 84.6 Å². The summed E-state index contributed by atoms with van der Waals surface area (Å²) in [4.78, 5) is 56.2. The third kappa shape index (κ3) is 7.79. The van der Waals surface area contributed by atoms with E-state index in [4.69, 9.17) is 9.47 Å². The van der Waals surface area contributed by atoms with Gasteiger partial charge in [0, 0.05) is 24.4 Å². The first-order chi connectivity index (χ1) is 22.9. The van der Waals surface area contributed by atoms with E-state index in [0.29, 0.717) is 31.2 Å². The van der Waals surface area contributed by atoms with Crippen LogP contribution in [0.3, 0.4) is 0 Å². The average Bonchev–Trinajstić information content (AvgIpc) is 3.87. The molecule has 258 valence electrons. The van der Waals surface area contributed by atoms with Crippen molar-refractivity contribution in [2.45, 2.75) is 108 Å². The summed E-state index contributed by atoms with van der Waals surface area (Å²) in [5, 5.41) is 28.7. The molecular formula is C34H45N7O7. The average molecular weight is 664 g/mol. The standard InChI is InChI=1S/C34H45N7O7/c1-33(2,3)48-32(46)35-26-10-8-6-4-5-7-9-23-18-34(23,31(44)45)36-29(42)27-17-24(19-40(27)30(26)43)41-38-28(37-39-41)22-13-15-25(16-14-22)47-20-21-11-12-21/h7,9,13-16,21,23-24,26-27H,4-6,8,10-12,17-20H2,1-3H3,(H,35,46)(H,36,42)(H,44,45)/b9-7-/t23-,24+,26-,27+,34+/m1/s1. The summed E-state index contributed by atoms with van der Waals surface area (Å²) in [6.07, 6.45) is 9.34. The second-order valence-corrected chi connectivity index (χ2v) is 14.4. The fourth-order valence-electron chi connectivity index (χ4n) is 6.39. The largest absolute Gasteiger partial charge is 0.493 e. The number of ether oxygens (including phenoxy) is 2. The SMILES string of the molecule is CC(C)(C)OC(=O)N[C@@H]1CCCCC/C=C\[C@@H]2C[C@]2(C(=O)O)NC(=O)[C@@H]2C[C@H](n3nnc(-c4ccc(OCC5CC5)cc4)n3)CN2C1=O. The molecule has 3 amide bonds. The maximum absolute atomic E-state index is 14.2. The van der Waals surface area contributed by atoms with Crippen LogP contribution in [-0.4, -0.2) is 90.5 Å². The Morgan fingerprint density at radius 1 is 1.10 bits per heavy atom. The lowest BCUT2D eigenvalue weighted by molar-refractivity contribution is -0.145. The van der Waals surface area contributed by atoms with Gasteiger partial charge in [-0.3, -0.25) is 9.59 Å².